The van der Waals surface area contributed by atoms with Crippen molar-refractivity contribution in [1.82, 2.24) is 10.2 Å². The van der Waals surface area contributed by atoms with Crippen molar-refractivity contribution in [2.45, 2.75) is 78.4 Å². The number of allylic oxidation sites excluding steroid dienone is 1. The van der Waals surface area contributed by atoms with Gasteiger partial charge in [0.2, 0.25) is 5.91 Å². The van der Waals surface area contributed by atoms with Crippen LogP contribution >= 0.6 is 0 Å². The van der Waals surface area contributed by atoms with Gasteiger partial charge in [0.15, 0.2) is 0 Å². The van der Waals surface area contributed by atoms with Crippen LogP contribution in [0.4, 0.5) is 9.18 Å². The Bertz CT molecular complexity index is 987. The molecule has 4 bridgehead atoms. The van der Waals surface area contributed by atoms with Gasteiger partial charge in [-0.1, -0.05) is 20.8 Å². The highest BCUT2D eigenvalue weighted by atomic mass is 19.1. The van der Waals surface area contributed by atoms with Gasteiger partial charge in [-0.3, -0.25) is 14.9 Å². The van der Waals surface area contributed by atoms with E-state index in [1.165, 1.54) is 6.08 Å². The number of rotatable bonds is 4. The molecule has 37 heavy (non-hydrogen) atoms. The number of imide groups is 1. The van der Waals surface area contributed by atoms with Gasteiger partial charge in [0.1, 0.15) is 11.9 Å². The molecule has 2 aliphatic heterocycles. The normalized spacial score (nSPS) is 49.0. The molecular formula is C29H43FN2O5. The molecule has 1 N–H and O–H groups in total. The van der Waals surface area contributed by atoms with Crippen molar-refractivity contribution in [1.29, 1.82) is 0 Å². The summed E-state index contributed by atoms with van der Waals surface area (Å²) in [6.45, 7) is 10.7. The molecule has 11 atom stereocenters. The fraction of sp³-hybridized carbons (Fsp3) is 0.828. The van der Waals surface area contributed by atoms with Crippen LogP contribution < -0.4 is 5.32 Å². The summed E-state index contributed by atoms with van der Waals surface area (Å²) < 4.78 is 25.9. The largest absolute Gasteiger partial charge is 0.445 e. The van der Waals surface area contributed by atoms with Crippen LogP contribution in [-0.2, 0) is 19.1 Å². The lowest BCUT2D eigenvalue weighted by Gasteiger charge is -2.61. The number of nitrogens with one attached hydrogen (secondary N) is 1. The number of amides is 2. The minimum absolute atomic E-state index is 0.0125. The Hall–Kier alpha value is -1.80. The zero-order chi connectivity index (χ0) is 26.8. The SMILES string of the molecule is CO[C@@H]1CCC23CC[C@@H](C)[C@](C)(C12)[C@H](OC(=O)NC(=O)[C@H]1CN2CC[C@H]1C2)C[C@@](C)(/C=C\F)C(=O)[C@@H]3C. The molecule has 0 spiro atoms. The van der Waals surface area contributed by atoms with E-state index >= 15 is 0 Å². The van der Waals surface area contributed by atoms with Crippen LogP contribution in [0.1, 0.15) is 66.2 Å². The summed E-state index contributed by atoms with van der Waals surface area (Å²) in [7, 11) is 1.72. The first-order chi connectivity index (χ1) is 17.5. The number of hydrogen-bond donors (Lipinski definition) is 1. The third-order valence-corrected chi connectivity index (χ3v) is 11.7. The van der Waals surface area contributed by atoms with Gasteiger partial charge in [-0.05, 0) is 68.9 Å². The molecule has 2 saturated heterocycles. The summed E-state index contributed by atoms with van der Waals surface area (Å²) in [6, 6.07) is 0. The second-order valence-electron chi connectivity index (χ2n) is 13.1. The average Bonchev–Trinajstić information content (AvgIpc) is 3.59. The van der Waals surface area contributed by atoms with Gasteiger partial charge in [-0.2, -0.15) is 0 Å². The number of ketones is 1. The van der Waals surface area contributed by atoms with Crippen LogP contribution in [0.2, 0.25) is 0 Å². The molecule has 0 aromatic carbocycles. The molecule has 0 aromatic heterocycles. The summed E-state index contributed by atoms with van der Waals surface area (Å²) in [5, 5.41) is 2.52. The maximum absolute atomic E-state index is 14.0. The molecule has 5 aliphatic rings. The van der Waals surface area contributed by atoms with E-state index in [-0.39, 0.29) is 59.2 Å². The zero-order valence-corrected chi connectivity index (χ0v) is 22.9. The minimum Gasteiger partial charge on any atom is -0.445 e. The van der Waals surface area contributed by atoms with E-state index in [1.54, 1.807) is 14.0 Å². The number of fused-ring (bicyclic) bond motifs is 2. The Kier molecular flexibility index (Phi) is 6.83. The molecule has 3 aliphatic carbocycles. The molecule has 0 radical (unpaired) electrons. The lowest BCUT2D eigenvalue weighted by Crippen LogP contribution is -2.63. The number of Topliss-reactive ketones (excluding diaryl/α,β-unsaturated/α-hetero) is 1. The number of halogens is 1. The number of carbonyl (C=O) groups is 3. The molecule has 2 amide bonds. The standard InChI is InChI=1S/C29H43FN2O5/c1-17-6-9-29-10-7-21(36-5)23(29)28(17,4)22(14-27(3,11-12-30)24(33)18(29)2)37-26(35)31-25(34)20-16-32-13-8-19(20)15-32/h11-12,17-23H,6-10,13-16H2,1-5H3,(H,31,34,35)/b12-11-/t17-,18+,19+,20+,21-,22-,23?,27-,28+,29?/m1/s1. The lowest BCUT2D eigenvalue weighted by atomic mass is 9.44. The molecule has 3 unspecified atom stereocenters. The highest BCUT2D eigenvalue weighted by Gasteiger charge is 2.68. The van der Waals surface area contributed by atoms with Crippen LogP contribution in [0.15, 0.2) is 12.4 Å². The van der Waals surface area contributed by atoms with Crippen molar-refractivity contribution >= 4 is 17.8 Å². The Balaban J connectivity index is 1.49. The highest BCUT2D eigenvalue weighted by Crippen LogP contribution is 2.68. The fourth-order valence-corrected chi connectivity index (χ4v) is 9.33. The third kappa shape index (κ3) is 4.00. The van der Waals surface area contributed by atoms with Crippen molar-refractivity contribution in [2.24, 2.45) is 45.8 Å². The zero-order valence-electron chi connectivity index (χ0n) is 22.9. The number of ether oxygens (including phenoxy) is 2. The summed E-state index contributed by atoms with van der Waals surface area (Å²) in [4.78, 5) is 42.5. The molecule has 7 nitrogen and oxygen atoms in total. The lowest BCUT2D eigenvalue weighted by molar-refractivity contribution is -0.189. The second kappa shape index (κ2) is 9.44. The van der Waals surface area contributed by atoms with Gasteiger partial charge < -0.3 is 14.4 Å². The van der Waals surface area contributed by atoms with E-state index < -0.39 is 23.0 Å². The van der Waals surface area contributed by atoms with Crippen LogP contribution in [0.25, 0.3) is 0 Å². The van der Waals surface area contributed by atoms with Gasteiger partial charge in [-0.25, -0.2) is 9.18 Å². The summed E-state index contributed by atoms with van der Waals surface area (Å²) >= 11 is 0. The smallest absolute Gasteiger partial charge is 0.414 e. The van der Waals surface area contributed by atoms with Crippen molar-refractivity contribution in [3.8, 4) is 0 Å². The topological polar surface area (TPSA) is 84.9 Å². The van der Waals surface area contributed by atoms with Gasteiger partial charge in [0.25, 0.3) is 0 Å². The summed E-state index contributed by atoms with van der Waals surface area (Å²) in [5.74, 6) is -0.290. The molecule has 206 valence electrons. The van der Waals surface area contributed by atoms with Gasteiger partial charge in [0, 0.05) is 43.9 Å². The third-order valence-electron chi connectivity index (χ3n) is 11.7. The van der Waals surface area contributed by atoms with Gasteiger partial charge >= 0.3 is 6.09 Å². The maximum atomic E-state index is 14.0. The summed E-state index contributed by atoms with van der Waals surface area (Å²) in [6.07, 6.45) is 4.93. The second-order valence-corrected chi connectivity index (χ2v) is 13.1. The number of alkyl carbamates (subject to hydrolysis) is 1. The van der Waals surface area contributed by atoms with Crippen LogP contribution in [0.5, 0.6) is 0 Å². The average molecular weight is 519 g/mol. The first-order valence-corrected chi connectivity index (χ1v) is 14.1. The van der Waals surface area contributed by atoms with E-state index in [1.807, 2.05) is 6.92 Å². The monoisotopic (exact) mass is 518 g/mol. The summed E-state index contributed by atoms with van der Waals surface area (Å²) in [5.41, 5.74) is -1.92. The fourth-order valence-electron chi connectivity index (χ4n) is 9.33. The predicted octanol–water partition coefficient (Wildman–Crippen LogP) is 4.51. The number of nitrogens with zero attached hydrogens (tertiary/aromatic N) is 1. The van der Waals surface area contributed by atoms with Crippen LogP contribution in [0.3, 0.4) is 0 Å². The quantitative estimate of drug-likeness (QED) is 0.590. The van der Waals surface area contributed by atoms with E-state index in [4.69, 9.17) is 9.47 Å². The van der Waals surface area contributed by atoms with Gasteiger partial charge in [0.05, 0.1) is 23.8 Å². The number of carbonyl (C=O) groups excluding carboxylic acids is 3. The van der Waals surface area contributed by atoms with E-state index in [2.05, 4.69) is 24.1 Å². The minimum atomic E-state index is -1.12. The number of piperidine rings is 1. The molecule has 2 heterocycles. The Morgan fingerprint density at radius 2 is 1.86 bits per heavy atom. The Morgan fingerprint density at radius 1 is 1.14 bits per heavy atom. The number of methoxy groups -OCH3 is 1. The molecule has 8 heteroatoms. The highest BCUT2D eigenvalue weighted by molar-refractivity contribution is 5.94. The van der Waals surface area contributed by atoms with Crippen LogP contribution in [0, 0.1) is 45.8 Å². The van der Waals surface area contributed by atoms with Crippen LogP contribution in [-0.4, -0.2) is 61.6 Å². The molecule has 3 saturated carbocycles. The Labute approximate surface area is 219 Å². The Morgan fingerprint density at radius 3 is 2.49 bits per heavy atom. The molecule has 5 rings (SSSR count). The van der Waals surface area contributed by atoms with Crippen molar-refractivity contribution in [3.63, 3.8) is 0 Å². The first kappa shape index (κ1) is 26.8. The number of hydrogen-bond acceptors (Lipinski definition) is 6. The maximum Gasteiger partial charge on any atom is 0.414 e. The van der Waals surface area contributed by atoms with Gasteiger partial charge in [-0.15, -0.1) is 0 Å². The van der Waals surface area contributed by atoms with Crippen molar-refractivity contribution < 1.29 is 28.2 Å². The van der Waals surface area contributed by atoms with E-state index in [0.29, 0.717) is 12.9 Å². The molecule has 0 aromatic rings. The molecular weight excluding hydrogens is 475 g/mol. The van der Waals surface area contributed by atoms with E-state index in [9.17, 15) is 18.8 Å². The predicted molar refractivity (Wildman–Crippen MR) is 136 cm³/mol. The van der Waals surface area contributed by atoms with Crippen molar-refractivity contribution in [2.75, 3.05) is 26.7 Å². The van der Waals surface area contributed by atoms with E-state index in [0.717, 1.165) is 45.2 Å². The molecule has 5 fully saturated rings. The first-order valence-electron chi connectivity index (χ1n) is 14.1. The van der Waals surface area contributed by atoms with Crippen molar-refractivity contribution in [3.05, 3.63) is 12.4 Å².